The Balaban J connectivity index is 2.01. The molecule has 0 amide bonds. The van der Waals surface area contributed by atoms with Crippen molar-refractivity contribution < 1.29 is 13.9 Å². The van der Waals surface area contributed by atoms with E-state index in [1.807, 2.05) is 0 Å². The molecular formula is C15H20FNO2. The number of ether oxygens (including phenoxy) is 1. The van der Waals surface area contributed by atoms with E-state index in [-0.39, 0.29) is 17.4 Å². The van der Waals surface area contributed by atoms with Crippen molar-refractivity contribution >= 4 is 11.7 Å². The van der Waals surface area contributed by atoms with Crippen molar-refractivity contribution in [3.8, 4) is 0 Å². The molecule has 3 unspecified atom stereocenters. The average Bonchev–Trinajstić information content (AvgIpc) is 2.33. The second-order valence-electron chi connectivity index (χ2n) is 5.53. The van der Waals surface area contributed by atoms with Gasteiger partial charge in [0.1, 0.15) is 11.9 Å². The maximum Gasteiger partial charge on any atom is 0.340 e. The molecule has 3 nitrogen and oxygen atoms in total. The van der Waals surface area contributed by atoms with Crippen LogP contribution in [0.5, 0.6) is 0 Å². The Morgan fingerprint density at radius 3 is 2.68 bits per heavy atom. The number of hydrogen-bond acceptors (Lipinski definition) is 3. The summed E-state index contributed by atoms with van der Waals surface area (Å²) in [7, 11) is 0. The highest BCUT2D eigenvalue weighted by Gasteiger charge is 2.27. The zero-order valence-corrected chi connectivity index (χ0v) is 11.4. The Morgan fingerprint density at radius 1 is 1.32 bits per heavy atom. The van der Waals surface area contributed by atoms with Crippen LogP contribution >= 0.6 is 0 Å². The molecule has 1 aliphatic carbocycles. The van der Waals surface area contributed by atoms with E-state index in [2.05, 4.69) is 13.8 Å². The van der Waals surface area contributed by atoms with Gasteiger partial charge < -0.3 is 10.5 Å². The molecule has 0 spiro atoms. The van der Waals surface area contributed by atoms with Crippen LogP contribution in [-0.2, 0) is 4.74 Å². The van der Waals surface area contributed by atoms with Gasteiger partial charge in [0.15, 0.2) is 0 Å². The van der Waals surface area contributed by atoms with Crippen molar-refractivity contribution in [2.45, 2.75) is 39.2 Å². The normalized spacial score (nSPS) is 27.0. The highest BCUT2D eigenvalue weighted by Crippen LogP contribution is 2.31. The quantitative estimate of drug-likeness (QED) is 0.658. The van der Waals surface area contributed by atoms with E-state index in [0.717, 1.165) is 25.3 Å². The number of carbonyl (C=O) groups is 1. The lowest BCUT2D eigenvalue weighted by atomic mass is 9.80. The molecule has 4 heteroatoms. The summed E-state index contributed by atoms with van der Waals surface area (Å²) >= 11 is 0. The van der Waals surface area contributed by atoms with Crippen LogP contribution in [0, 0.1) is 17.7 Å². The molecule has 3 atom stereocenters. The second-order valence-corrected chi connectivity index (χ2v) is 5.53. The van der Waals surface area contributed by atoms with Crippen molar-refractivity contribution in [2.75, 3.05) is 5.73 Å². The van der Waals surface area contributed by atoms with Crippen molar-refractivity contribution in [1.29, 1.82) is 0 Å². The van der Waals surface area contributed by atoms with Gasteiger partial charge in [-0.2, -0.15) is 0 Å². The zero-order valence-electron chi connectivity index (χ0n) is 11.4. The minimum Gasteiger partial charge on any atom is -0.459 e. The van der Waals surface area contributed by atoms with E-state index in [1.54, 1.807) is 0 Å². The largest absolute Gasteiger partial charge is 0.459 e. The van der Waals surface area contributed by atoms with Gasteiger partial charge in [-0.05, 0) is 49.3 Å². The predicted octanol–water partition coefficient (Wildman–Crippen LogP) is 3.39. The van der Waals surface area contributed by atoms with Gasteiger partial charge in [0, 0.05) is 5.69 Å². The van der Waals surface area contributed by atoms with Crippen LogP contribution in [0.4, 0.5) is 10.1 Å². The summed E-state index contributed by atoms with van der Waals surface area (Å²) < 4.78 is 18.4. The Labute approximate surface area is 112 Å². The lowest BCUT2D eigenvalue weighted by molar-refractivity contribution is 0.00890. The van der Waals surface area contributed by atoms with Crippen LogP contribution in [0.25, 0.3) is 0 Å². The third-order valence-corrected chi connectivity index (χ3v) is 4.06. The van der Waals surface area contributed by atoms with Crippen LogP contribution in [0.1, 0.15) is 43.5 Å². The number of benzene rings is 1. The first-order valence-corrected chi connectivity index (χ1v) is 6.73. The minimum absolute atomic E-state index is 0.0526. The SMILES string of the molecule is CC1CCC(OC(=O)c2ccc(F)cc2N)CC1C. The standard InChI is InChI=1S/C15H20FNO2/c1-9-3-5-12(7-10(9)2)19-15(18)13-6-4-11(16)8-14(13)17/h4,6,8-10,12H,3,5,7,17H2,1-2H3. The summed E-state index contributed by atoms with van der Waals surface area (Å²) in [5, 5.41) is 0. The van der Waals surface area contributed by atoms with Gasteiger partial charge >= 0.3 is 5.97 Å². The topological polar surface area (TPSA) is 52.3 Å². The van der Waals surface area contributed by atoms with Crippen LogP contribution in [0.2, 0.25) is 0 Å². The number of nitrogen functional groups attached to an aromatic ring is 1. The zero-order chi connectivity index (χ0) is 14.0. The Kier molecular flexibility index (Phi) is 4.08. The van der Waals surface area contributed by atoms with Gasteiger partial charge in [-0.25, -0.2) is 9.18 Å². The molecule has 0 saturated heterocycles. The number of halogens is 1. The molecule has 0 aliphatic heterocycles. The van der Waals surface area contributed by atoms with E-state index >= 15 is 0 Å². The van der Waals surface area contributed by atoms with E-state index < -0.39 is 11.8 Å². The van der Waals surface area contributed by atoms with E-state index in [0.29, 0.717) is 11.8 Å². The predicted molar refractivity (Wildman–Crippen MR) is 72.2 cm³/mol. The Hall–Kier alpha value is -1.58. The number of carbonyl (C=O) groups excluding carboxylic acids is 1. The fraction of sp³-hybridized carbons (Fsp3) is 0.533. The number of esters is 1. The minimum atomic E-state index is -0.454. The molecule has 0 heterocycles. The first-order chi connectivity index (χ1) is 8.97. The van der Waals surface area contributed by atoms with Crippen molar-refractivity contribution in [2.24, 2.45) is 11.8 Å². The molecule has 0 aromatic heterocycles. The molecule has 1 aromatic carbocycles. The number of anilines is 1. The van der Waals surface area contributed by atoms with Crippen LogP contribution in [0.15, 0.2) is 18.2 Å². The van der Waals surface area contributed by atoms with Gasteiger partial charge in [0.2, 0.25) is 0 Å². The highest BCUT2D eigenvalue weighted by atomic mass is 19.1. The smallest absolute Gasteiger partial charge is 0.340 e. The third kappa shape index (κ3) is 3.25. The van der Waals surface area contributed by atoms with Crippen molar-refractivity contribution in [3.05, 3.63) is 29.6 Å². The van der Waals surface area contributed by atoms with Gasteiger partial charge in [0.05, 0.1) is 5.56 Å². The Bertz CT molecular complexity index is 475. The fourth-order valence-corrected chi connectivity index (χ4v) is 2.54. The molecule has 1 aromatic rings. The average molecular weight is 265 g/mol. The molecule has 1 aliphatic rings. The van der Waals surface area contributed by atoms with Crippen molar-refractivity contribution in [3.63, 3.8) is 0 Å². The molecule has 0 bridgehead atoms. The summed E-state index contributed by atoms with van der Waals surface area (Å²) in [6.07, 6.45) is 2.79. The van der Waals surface area contributed by atoms with Crippen molar-refractivity contribution in [1.82, 2.24) is 0 Å². The fourth-order valence-electron chi connectivity index (χ4n) is 2.54. The summed E-state index contributed by atoms with van der Waals surface area (Å²) in [5.41, 5.74) is 6.01. The van der Waals surface area contributed by atoms with Crippen LogP contribution in [0.3, 0.4) is 0 Å². The van der Waals surface area contributed by atoms with E-state index in [1.165, 1.54) is 12.1 Å². The third-order valence-electron chi connectivity index (χ3n) is 4.06. The molecule has 2 rings (SSSR count). The van der Waals surface area contributed by atoms with Crippen LogP contribution < -0.4 is 5.73 Å². The summed E-state index contributed by atoms with van der Waals surface area (Å²) in [6, 6.07) is 3.74. The molecule has 104 valence electrons. The lowest BCUT2D eigenvalue weighted by Gasteiger charge is -2.31. The Morgan fingerprint density at radius 2 is 2.05 bits per heavy atom. The molecule has 1 fully saturated rings. The van der Waals surface area contributed by atoms with Gasteiger partial charge in [-0.1, -0.05) is 13.8 Å². The first-order valence-electron chi connectivity index (χ1n) is 6.73. The van der Waals surface area contributed by atoms with Gasteiger partial charge in [0.25, 0.3) is 0 Å². The second kappa shape index (κ2) is 5.59. The molecule has 2 N–H and O–H groups in total. The first kappa shape index (κ1) is 13.8. The molecule has 1 saturated carbocycles. The number of rotatable bonds is 2. The summed E-state index contributed by atoms with van der Waals surface area (Å²) in [4.78, 5) is 12.0. The molecular weight excluding hydrogens is 245 g/mol. The summed E-state index contributed by atoms with van der Waals surface area (Å²) in [5.74, 6) is 0.321. The monoisotopic (exact) mass is 265 g/mol. The van der Waals surface area contributed by atoms with E-state index in [4.69, 9.17) is 10.5 Å². The number of hydrogen-bond donors (Lipinski definition) is 1. The maximum atomic E-state index is 12.9. The molecule has 0 radical (unpaired) electrons. The van der Waals surface area contributed by atoms with Crippen LogP contribution in [-0.4, -0.2) is 12.1 Å². The lowest BCUT2D eigenvalue weighted by Crippen LogP contribution is -2.29. The highest BCUT2D eigenvalue weighted by molar-refractivity contribution is 5.95. The van der Waals surface area contributed by atoms with Gasteiger partial charge in [-0.3, -0.25) is 0 Å². The maximum absolute atomic E-state index is 12.9. The molecule has 19 heavy (non-hydrogen) atoms. The van der Waals surface area contributed by atoms with E-state index in [9.17, 15) is 9.18 Å². The summed E-state index contributed by atoms with van der Waals surface area (Å²) in [6.45, 7) is 4.40. The number of nitrogens with two attached hydrogens (primary N) is 1. The van der Waals surface area contributed by atoms with Gasteiger partial charge in [-0.15, -0.1) is 0 Å².